The van der Waals surface area contributed by atoms with Gasteiger partial charge < -0.3 is 20.3 Å². The van der Waals surface area contributed by atoms with Crippen LogP contribution in [0, 0.1) is 0 Å². The molecule has 0 saturated carbocycles. The summed E-state index contributed by atoms with van der Waals surface area (Å²) in [5, 5.41) is 23.8. The lowest BCUT2D eigenvalue weighted by Crippen LogP contribution is -2.46. The Balaban J connectivity index is 4.61. The largest absolute Gasteiger partial charge is 0.462 e. The summed E-state index contributed by atoms with van der Waals surface area (Å²) >= 11 is 0. The fraction of sp³-hybridized carbons (Fsp3) is 0.793. The van der Waals surface area contributed by atoms with Gasteiger partial charge in [-0.05, 0) is 89.9 Å². The van der Waals surface area contributed by atoms with Gasteiger partial charge in [0.2, 0.25) is 5.91 Å². The molecule has 0 spiro atoms. The van der Waals surface area contributed by atoms with Gasteiger partial charge in [0, 0.05) is 6.42 Å². The lowest BCUT2D eigenvalue weighted by molar-refractivity contribution is -0.151. The number of allylic oxidation sites excluding steroid dienone is 10. The number of carbonyl (C=O) groups is 2. The van der Waals surface area contributed by atoms with E-state index in [1.165, 1.54) is 128 Å². The topological polar surface area (TPSA) is 95.9 Å². The van der Waals surface area contributed by atoms with E-state index in [0.29, 0.717) is 19.3 Å². The van der Waals surface area contributed by atoms with E-state index in [1.54, 1.807) is 0 Å². The highest BCUT2D eigenvalue weighted by Crippen LogP contribution is 2.18. The molecule has 0 rings (SSSR count). The van der Waals surface area contributed by atoms with Crippen molar-refractivity contribution in [3.63, 3.8) is 0 Å². The second-order valence-corrected chi connectivity index (χ2v) is 18.6. The number of esters is 1. The van der Waals surface area contributed by atoms with Crippen molar-refractivity contribution in [1.82, 2.24) is 5.32 Å². The van der Waals surface area contributed by atoms with Gasteiger partial charge in [-0.15, -0.1) is 0 Å². The minimum absolute atomic E-state index is 0.0662. The van der Waals surface area contributed by atoms with Crippen molar-refractivity contribution >= 4 is 11.9 Å². The molecular formula is C58H105NO5. The molecule has 0 aromatic rings. The smallest absolute Gasteiger partial charge is 0.306 e. The zero-order chi connectivity index (χ0) is 46.7. The Labute approximate surface area is 397 Å². The van der Waals surface area contributed by atoms with E-state index in [4.69, 9.17) is 4.74 Å². The van der Waals surface area contributed by atoms with Crippen LogP contribution in [0.1, 0.15) is 271 Å². The zero-order valence-electron chi connectivity index (χ0n) is 42.4. The second-order valence-electron chi connectivity index (χ2n) is 18.6. The molecule has 0 aliphatic rings. The average molecular weight is 896 g/mol. The summed E-state index contributed by atoms with van der Waals surface area (Å²) in [6, 6.07) is -0.708. The zero-order valence-corrected chi connectivity index (χ0v) is 42.4. The van der Waals surface area contributed by atoms with Crippen molar-refractivity contribution in [1.29, 1.82) is 0 Å². The number of aliphatic hydroxyl groups excluding tert-OH is 2. The molecule has 3 N–H and O–H groups in total. The summed E-state index contributed by atoms with van der Waals surface area (Å²) in [5.74, 6) is -0.491. The van der Waals surface area contributed by atoms with E-state index in [-0.39, 0.29) is 24.9 Å². The van der Waals surface area contributed by atoms with E-state index < -0.39 is 18.2 Å². The molecule has 372 valence electrons. The highest BCUT2D eigenvalue weighted by molar-refractivity contribution is 5.77. The first-order valence-electron chi connectivity index (χ1n) is 27.5. The molecule has 0 aromatic heterocycles. The predicted octanol–water partition coefficient (Wildman–Crippen LogP) is 16.8. The minimum atomic E-state index is -0.793. The van der Waals surface area contributed by atoms with Crippen molar-refractivity contribution in [3.05, 3.63) is 60.8 Å². The quantitative estimate of drug-likeness (QED) is 0.0321. The van der Waals surface area contributed by atoms with E-state index in [2.05, 4.69) is 86.8 Å². The third-order valence-corrected chi connectivity index (χ3v) is 12.3. The molecule has 0 aliphatic heterocycles. The van der Waals surface area contributed by atoms with E-state index in [0.717, 1.165) is 96.3 Å². The van der Waals surface area contributed by atoms with Crippen LogP contribution in [0.3, 0.4) is 0 Å². The third kappa shape index (κ3) is 46.1. The van der Waals surface area contributed by atoms with Crippen LogP contribution in [-0.2, 0) is 14.3 Å². The first-order chi connectivity index (χ1) is 31.5. The Hall–Kier alpha value is -2.44. The van der Waals surface area contributed by atoms with Crippen LogP contribution in [0.4, 0.5) is 0 Å². The van der Waals surface area contributed by atoms with Crippen molar-refractivity contribution in [2.45, 2.75) is 289 Å². The van der Waals surface area contributed by atoms with Gasteiger partial charge in [0.15, 0.2) is 0 Å². The number of ether oxygens (including phenoxy) is 1. The molecule has 6 nitrogen and oxygen atoms in total. The molecule has 0 radical (unpaired) electrons. The molecule has 0 heterocycles. The average Bonchev–Trinajstić information content (AvgIpc) is 3.29. The molecular weight excluding hydrogens is 791 g/mol. The van der Waals surface area contributed by atoms with Gasteiger partial charge in [-0.1, -0.05) is 229 Å². The van der Waals surface area contributed by atoms with Gasteiger partial charge in [-0.25, -0.2) is 0 Å². The van der Waals surface area contributed by atoms with E-state index in [1.807, 2.05) is 0 Å². The van der Waals surface area contributed by atoms with Crippen molar-refractivity contribution in [2.75, 3.05) is 6.61 Å². The maximum absolute atomic E-state index is 13.2. The molecule has 0 aromatic carbocycles. The van der Waals surface area contributed by atoms with Crippen molar-refractivity contribution < 1.29 is 24.5 Å². The SMILES string of the molecule is CC/C=C/C/C=C/C/C=C/CCCCCCCCC(=O)OC(CCCCCCCCC/C=C\C/C=C\CCCCC)CC(=O)NC(CO)C(O)CCCCCCCCCCCCCC. The van der Waals surface area contributed by atoms with Crippen LogP contribution in [0.15, 0.2) is 60.8 Å². The number of unbranched alkanes of at least 4 members (excludes halogenated alkanes) is 27. The Kier molecular flexibility index (Phi) is 49.6. The number of amides is 1. The maximum atomic E-state index is 13.2. The lowest BCUT2D eigenvalue weighted by Gasteiger charge is -2.24. The van der Waals surface area contributed by atoms with Gasteiger partial charge in [-0.3, -0.25) is 9.59 Å². The molecule has 64 heavy (non-hydrogen) atoms. The van der Waals surface area contributed by atoms with Crippen molar-refractivity contribution in [3.8, 4) is 0 Å². The predicted molar refractivity (Wildman–Crippen MR) is 278 cm³/mol. The molecule has 3 atom stereocenters. The van der Waals surface area contributed by atoms with Crippen LogP contribution in [-0.4, -0.2) is 46.9 Å². The van der Waals surface area contributed by atoms with Crippen molar-refractivity contribution in [2.24, 2.45) is 0 Å². The summed E-state index contributed by atoms with van der Waals surface area (Å²) in [5.41, 5.74) is 0. The number of rotatable bonds is 49. The Bertz CT molecular complexity index is 1140. The summed E-state index contributed by atoms with van der Waals surface area (Å²) in [7, 11) is 0. The molecule has 0 fully saturated rings. The van der Waals surface area contributed by atoms with Gasteiger partial charge in [-0.2, -0.15) is 0 Å². The molecule has 0 aliphatic carbocycles. The number of nitrogens with one attached hydrogen (secondary N) is 1. The van der Waals surface area contributed by atoms with Gasteiger partial charge in [0.05, 0.1) is 25.2 Å². The number of aliphatic hydroxyl groups is 2. The number of carbonyl (C=O) groups excluding carboxylic acids is 2. The minimum Gasteiger partial charge on any atom is -0.462 e. The van der Waals surface area contributed by atoms with Gasteiger partial charge in [0.25, 0.3) is 0 Å². The van der Waals surface area contributed by atoms with E-state index >= 15 is 0 Å². The maximum Gasteiger partial charge on any atom is 0.306 e. The fourth-order valence-electron chi connectivity index (χ4n) is 8.18. The molecule has 6 heteroatoms. The van der Waals surface area contributed by atoms with Crippen LogP contribution < -0.4 is 5.32 Å². The molecule has 3 unspecified atom stereocenters. The van der Waals surface area contributed by atoms with Gasteiger partial charge >= 0.3 is 5.97 Å². The summed E-state index contributed by atoms with van der Waals surface area (Å²) in [6.45, 7) is 6.35. The first-order valence-corrected chi connectivity index (χ1v) is 27.5. The van der Waals surface area contributed by atoms with Crippen LogP contribution in [0.25, 0.3) is 0 Å². The number of hydrogen-bond acceptors (Lipinski definition) is 5. The van der Waals surface area contributed by atoms with Gasteiger partial charge in [0.1, 0.15) is 6.10 Å². The fourth-order valence-corrected chi connectivity index (χ4v) is 8.18. The normalized spacial score (nSPS) is 13.6. The Morgan fingerprint density at radius 2 is 0.844 bits per heavy atom. The van der Waals surface area contributed by atoms with Crippen LogP contribution in [0.2, 0.25) is 0 Å². The molecule has 0 saturated heterocycles. The summed E-state index contributed by atoms with van der Waals surface area (Å²) in [4.78, 5) is 26.2. The number of hydrogen-bond donors (Lipinski definition) is 3. The summed E-state index contributed by atoms with van der Waals surface area (Å²) < 4.78 is 5.95. The molecule has 1 amide bonds. The van der Waals surface area contributed by atoms with Crippen LogP contribution in [0.5, 0.6) is 0 Å². The standard InChI is InChI=1S/C58H105NO5/c1-4-7-10-13-16-19-22-25-27-29-30-32-34-37-40-43-46-49-54(64-58(63)51-48-45-42-39-36-33-31-28-26-23-20-17-14-11-8-5-2)52-57(62)59-55(53-60)56(61)50-47-44-41-38-35-24-21-18-15-12-9-6-3/h8,11,16-17,19-20,25-28,54-56,60-61H,4-7,9-10,12-15,18,21-24,29-53H2,1-3H3,(H,59,62)/b11-8+,19-16-,20-17+,27-25-,28-26+. The second kappa shape index (κ2) is 51.5. The Morgan fingerprint density at radius 1 is 0.469 bits per heavy atom. The van der Waals surface area contributed by atoms with Crippen LogP contribution >= 0.6 is 0 Å². The molecule has 0 bridgehead atoms. The lowest BCUT2D eigenvalue weighted by atomic mass is 10.0. The summed E-state index contributed by atoms with van der Waals surface area (Å²) in [6.07, 6.45) is 64.2. The third-order valence-electron chi connectivity index (χ3n) is 12.3. The monoisotopic (exact) mass is 896 g/mol. The highest BCUT2D eigenvalue weighted by Gasteiger charge is 2.24. The first kappa shape index (κ1) is 61.6. The van der Waals surface area contributed by atoms with E-state index in [9.17, 15) is 19.8 Å². The Morgan fingerprint density at radius 3 is 1.31 bits per heavy atom. The highest BCUT2D eigenvalue weighted by atomic mass is 16.5.